The van der Waals surface area contributed by atoms with Crippen LogP contribution in [0.3, 0.4) is 0 Å². The molecule has 1 aliphatic rings. The smallest absolute Gasteiger partial charge is 0.0794 e. The number of benzene rings is 1. The maximum atomic E-state index is 6.32. The Labute approximate surface area is 101 Å². The molecule has 0 saturated carbocycles. The lowest BCUT2D eigenvalue weighted by molar-refractivity contribution is 0.441. The Kier molecular flexibility index (Phi) is 2.48. The molecule has 1 aliphatic carbocycles. The van der Waals surface area contributed by atoms with E-state index in [2.05, 4.69) is 29.4 Å². The molecule has 0 bridgehead atoms. The second-order valence-electron chi connectivity index (χ2n) is 4.88. The van der Waals surface area contributed by atoms with Gasteiger partial charge in [0, 0.05) is 13.2 Å². The van der Waals surface area contributed by atoms with Crippen molar-refractivity contribution < 1.29 is 0 Å². The molecule has 3 heteroatoms. The number of aryl methyl sites for hydroxylation is 1. The van der Waals surface area contributed by atoms with Gasteiger partial charge >= 0.3 is 0 Å². The SMILES string of the molecule is Cn1ccc(C(N)C2Cc3ccccc3C2)n1. The van der Waals surface area contributed by atoms with E-state index in [9.17, 15) is 0 Å². The number of hydrogen-bond donors (Lipinski definition) is 1. The molecule has 3 rings (SSSR count). The minimum absolute atomic E-state index is 0.0450. The van der Waals surface area contributed by atoms with Crippen LogP contribution in [0.5, 0.6) is 0 Å². The highest BCUT2D eigenvalue weighted by Crippen LogP contribution is 2.33. The summed E-state index contributed by atoms with van der Waals surface area (Å²) in [5.41, 5.74) is 10.2. The summed E-state index contributed by atoms with van der Waals surface area (Å²) in [5.74, 6) is 0.488. The van der Waals surface area contributed by atoms with Crippen LogP contribution in [0.2, 0.25) is 0 Å². The molecular weight excluding hydrogens is 210 g/mol. The first-order chi connectivity index (χ1) is 8.24. The van der Waals surface area contributed by atoms with Gasteiger partial charge in [-0.25, -0.2) is 0 Å². The van der Waals surface area contributed by atoms with Crippen LogP contribution in [0.25, 0.3) is 0 Å². The summed E-state index contributed by atoms with van der Waals surface area (Å²) in [6, 6.07) is 10.7. The van der Waals surface area contributed by atoms with Crippen LogP contribution < -0.4 is 5.73 Å². The van der Waals surface area contributed by atoms with Crippen LogP contribution in [0.15, 0.2) is 36.5 Å². The molecule has 3 nitrogen and oxygen atoms in total. The number of nitrogens with zero attached hydrogens (tertiary/aromatic N) is 2. The van der Waals surface area contributed by atoms with Gasteiger partial charge in [-0.3, -0.25) is 4.68 Å². The Morgan fingerprint density at radius 1 is 1.24 bits per heavy atom. The lowest BCUT2D eigenvalue weighted by Crippen LogP contribution is -2.22. The molecule has 2 N–H and O–H groups in total. The van der Waals surface area contributed by atoms with Gasteiger partial charge in [-0.05, 0) is 36.0 Å². The summed E-state index contributed by atoms with van der Waals surface area (Å²) in [6.45, 7) is 0. The molecule has 0 amide bonds. The summed E-state index contributed by atoms with van der Waals surface area (Å²) in [5, 5.41) is 4.41. The zero-order valence-corrected chi connectivity index (χ0v) is 10.0. The second-order valence-corrected chi connectivity index (χ2v) is 4.88. The first-order valence-corrected chi connectivity index (χ1v) is 6.06. The van der Waals surface area contributed by atoms with E-state index in [4.69, 9.17) is 5.73 Å². The van der Waals surface area contributed by atoms with E-state index in [1.54, 1.807) is 0 Å². The fourth-order valence-electron chi connectivity index (χ4n) is 2.70. The van der Waals surface area contributed by atoms with Crippen LogP contribution in [0.4, 0.5) is 0 Å². The van der Waals surface area contributed by atoms with Crippen molar-refractivity contribution >= 4 is 0 Å². The van der Waals surface area contributed by atoms with Gasteiger partial charge in [0.25, 0.3) is 0 Å². The molecule has 0 spiro atoms. The minimum Gasteiger partial charge on any atom is -0.322 e. The molecule has 1 aromatic heterocycles. The zero-order chi connectivity index (χ0) is 11.8. The van der Waals surface area contributed by atoms with Crippen molar-refractivity contribution in [2.24, 2.45) is 18.7 Å². The van der Waals surface area contributed by atoms with E-state index in [1.807, 2.05) is 24.0 Å². The largest absolute Gasteiger partial charge is 0.322 e. The van der Waals surface area contributed by atoms with Gasteiger partial charge in [0.1, 0.15) is 0 Å². The third-order valence-corrected chi connectivity index (χ3v) is 3.67. The number of fused-ring (bicyclic) bond motifs is 1. The van der Waals surface area contributed by atoms with Crippen LogP contribution in [0, 0.1) is 5.92 Å². The van der Waals surface area contributed by atoms with E-state index < -0.39 is 0 Å². The first-order valence-electron chi connectivity index (χ1n) is 6.06. The number of rotatable bonds is 2. The van der Waals surface area contributed by atoms with Crippen LogP contribution in [-0.2, 0) is 19.9 Å². The predicted octanol–water partition coefficient (Wildman–Crippen LogP) is 1.83. The first kappa shape index (κ1) is 10.5. The molecule has 0 aliphatic heterocycles. The van der Waals surface area contributed by atoms with Crippen molar-refractivity contribution in [1.82, 2.24) is 9.78 Å². The summed E-state index contributed by atoms with van der Waals surface area (Å²) in [6.07, 6.45) is 4.11. The maximum absolute atomic E-state index is 6.32. The Bertz CT molecular complexity index is 505. The summed E-state index contributed by atoms with van der Waals surface area (Å²) in [7, 11) is 1.93. The molecule has 1 heterocycles. The average molecular weight is 227 g/mol. The molecule has 0 radical (unpaired) electrons. The number of hydrogen-bond acceptors (Lipinski definition) is 2. The van der Waals surface area contributed by atoms with Gasteiger partial charge in [0.2, 0.25) is 0 Å². The van der Waals surface area contributed by atoms with E-state index >= 15 is 0 Å². The Morgan fingerprint density at radius 2 is 1.88 bits per heavy atom. The van der Waals surface area contributed by atoms with Crippen molar-refractivity contribution in [3.63, 3.8) is 0 Å². The van der Waals surface area contributed by atoms with E-state index in [-0.39, 0.29) is 6.04 Å². The topological polar surface area (TPSA) is 43.8 Å². The van der Waals surface area contributed by atoms with Gasteiger partial charge in [0.05, 0.1) is 11.7 Å². The lowest BCUT2D eigenvalue weighted by Gasteiger charge is -2.16. The Morgan fingerprint density at radius 3 is 2.41 bits per heavy atom. The zero-order valence-electron chi connectivity index (χ0n) is 10.0. The van der Waals surface area contributed by atoms with Crippen molar-refractivity contribution in [1.29, 1.82) is 0 Å². The highest BCUT2D eigenvalue weighted by Gasteiger charge is 2.28. The molecule has 1 unspecified atom stereocenters. The number of nitrogens with two attached hydrogens (primary N) is 1. The minimum atomic E-state index is 0.0450. The van der Waals surface area contributed by atoms with E-state index in [0.717, 1.165) is 18.5 Å². The molecule has 2 aromatic rings. The standard InChI is InChI=1S/C14H17N3/c1-17-7-6-13(16-17)14(15)12-8-10-4-2-3-5-11(10)9-12/h2-7,12,14H,8-9,15H2,1H3. The van der Waals surface area contributed by atoms with Crippen molar-refractivity contribution in [2.75, 3.05) is 0 Å². The molecule has 0 fully saturated rings. The van der Waals surface area contributed by atoms with E-state index in [0.29, 0.717) is 5.92 Å². The van der Waals surface area contributed by atoms with Crippen molar-refractivity contribution in [3.05, 3.63) is 53.3 Å². The van der Waals surface area contributed by atoms with Gasteiger partial charge in [-0.15, -0.1) is 0 Å². The molecule has 88 valence electrons. The normalized spacial score (nSPS) is 17.1. The molecule has 1 atom stereocenters. The van der Waals surface area contributed by atoms with Crippen molar-refractivity contribution in [3.8, 4) is 0 Å². The van der Waals surface area contributed by atoms with Gasteiger partial charge in [0.15, 0.2) is 0 Å². The third-order valence-electron chi connectivity index (χ3n) is 3.67. The van der Waals surface area contributed by atoms with Crippen LogP contribution in [-0.4, -0.2) is 9.78 Å². The van der Waals surface area contributed by atoms with E-state index in [1.165, 1.54) is 11.1 Å². The summed E-state index contributed by atoms with van der Waals surface area (Å²) < 4.78 is 1.82. The molecule has 0 saturated heterocycles. The highest BCUT2D eigenvalue weighted by molar-refractivity contribution is 5.33. The lowest BCUT2D eigenvalue weighted by atomic mass is 9.95. The fourth-order valence-corrected chi connectivity index (χ4v) is 2.70. The second kappa shape index (κ2) is 4.00. The molecular formula is C14H17N3. The van der Waals surface area contributed by atoms with Crippen molar-refractivity contribution in [2.45, 2.75) is 18.9 Å². The van der Waals surface area contributed by atoms with Crippen LogP contribution in [0.1, 0.15) is 22.9 Å². The summed E-state index contributed by atoms with van der Waals surface area (Å²) in [4.78, 5) is 0. The number of aromatic nitrogens is 2. The highest BCUT2D eigenvalue weighted by atomic mass is 15.3. The third kappa shape index (κ3) is 1.87. The molecule has 1 aromatic carbocycles. The van der Waals surface area contributed by atoms with Gasteiger partial charge < -0.3 is 5.73 Å². The maximum Gasteiger partial charge on any atom is 0.0794 e. The monoisotopic (exact) mass is 227 g/mol. The average Bonchev–Trinajstić information content (AvgIpc) is 2.93. The van der Waals surface area contributed by atoms with Gasteiger partial charge in [-0.1, -0.05) is 24.3 Å². The summed E-state index contributed by atoms with van der Waals surface area (Å²) >= 11 is 0. The Balaban J connectivity index is 1.80. The predicted molar refractivity (Wildman–Crippen MR) is 67.5 cm³/mol. The quantitative estimate of drug-likeness (QED) is 0.850. The van der Waals surface area contributed by atoms with Crippen LogP contribution >= 0.6 is 0 Å². The Hall–Kier alpha value is -1.61. The van der Waals surface area contributed by atoms with Gasteiger partial charge in [-0.2, -0.15) is 5.10 Å². The fraction of sp³-hybridized carbons (Fsp3) is 0.357. The molecule has 17 heavy (non-hydrogen) atoms.